The summed E-state index contributed by atoms with van der Waals surface area (Å²) in [7, 11) is 4.14. The largest absolute Gasteiger partial charge is 0.349 e. The van der Waals surface area contributed by atoms with Crippen LogP contribution in [0.5, 0.6) is 0 Å². The summed E-state index contributed by atoms with van der Waals surface area (Å²) in [4.78, 5) is 21.5. The summed E-state index contributed by atoms with van der Waals surface area (Å²) in [6.45, 7) is 3.62. The molecule has 20 heavy (non-hydrogen) atoms. The maximum atomic E-state index is 12.5. The van der Waals surface area contributed by atoms with Gasteiger partial charge < -0.3 is 9.88 Å². The van der Waals surface area contributed by atoms with E-state index in [4.69, 9.17) is 0 Å². The lowest BCUT2D eigenvalue weighted by atomic mass is 10.2. The number of nitrogens with one attached hydrogen (secondary N) is 2. The van der Waals surface area contributed by atoms with Gasteiger partial charge in [0.1, 0.15) is 11.0 Å². The van der Waals surface area contributed by atoms with Gasteiger partial charge in [-0.25, -0.2) is 4.98 Å². The van der Waals surface area contributed by atoms with Gasteiger partial charge in [0.25, 0.3) is 5.56 Å². The van der Waals surface area contributed by atoms with Crippen LogP contribution in [0.1, 0.15) is 5.56 Å². The van der Waals surface area contributed by atoms with Crippen LogP contribution < -0.4 is 10.5 Å². The number of rotatable bonds is 3. The molecule has 0 saturated carbocycles. The van der Waals surface area contributed by atoms with E-state index in [9.17, 15) is 4.79 Å². The molecule has 2 N–H and O–H groups in total. The molecule has 0 aliphatic rings. The van der Waals surface area contributed by atoms with Crippen LogP contribution in [0.15, 0.2) is 29.3 Å². The van der Waals surface area contributed by atoms with Crippen LogP contribution in [0.25, 0.3) is 21.9 Å². The molecule has 0 aliphatic heterocycles. The lowest BCUT2D eigenvalue weighted by Gasteiger charge is -2.08. The first-order valence-electron chi connectivity index (χ1n) is 6.83. The lowest BCUT2D eigenvalue weighted by Crippen LogP contribution is -3.06. The van der Waals surface area contributed by atoms with Gasteiger partial charge in [-0.2, -0.15) is 0 Å². The minimum absolute atomic E-state index is 0.00473. The van der Waals surface area contributed by atoms with Crippen molar-refractivity contribution in [2.75, 3.05) is 20.6 Å². The number of fused-ring (bicyclic) bond motifs is 3. The Hall–Kier alpha value is -2.14. The Morgan fingerprint density at radius 1 is 1.35 bits per heavy atom. The Bertz CT molecular complexity index is 829. The monoisotopic (exact) mass is 271 g/mol. The molecule has 0 bridgehead atoms. The summed E-state index contributed by atoms with van der Waals surface area (Å²) in [5.74, 6) is 0. The molecule has 0 aliphatic carbocycles. The van der Waals surface area contributed by atoms with Crippen molar-refractivity contribution in [3.8, 4) is 0 Å². The van der Waals surface area contributed by atoms with Crippen LogP contribution in [0.4, 0.5) is 0 Å². The molecule has 1 aromatic carbocycles. The minimum Gasteiger partial charge on any atom is -0.349 e. The average Bonchev–Trinajstić information content (AvgIpc) is 2.77. The highest BCUT2D eigenvalue weighted by molar-refractivity contribution is 6.04. The zero-order chi connectivity index (χ0) is 14.3. The van der Waals surface area contributed by atoms with Crippen LogP contribution in [-0.4, -0.2) is 35.2 Å². The van der Waals surface area contributed by atoms with E-state index >= 15 is 0 Å². The van der Waals surface area contributed by atoms with Crippen molar-refractivity contribution < 1.29 is 4.90 Å². The maximum Gasteiger partial charge on any atom is 0.277 e. The Morgan fingerprint density at radius 2 is 2.15 bits per heavy atom. The number of benzene rings is 1. The smallest absolute Gasteiger partial charge is 0.277 e. The van der Waals surface area contributed by atoms with Gasteiger partial charge in [-0.05, 0) is 19.1 Å². The molecule has 0 fully saturated rings. The highest BCUT2D eigenvalue weighted by atomic mass is 16.1. The number of hydrogen-bond donors (Lipinski definition) is 2. The van der Waals surface area contributed by atoms with Gasteiger partial charge in [0, 0.05) is 10.9 Å². The molecule has 5 heteroatoms. The second-order valence-electron chi connectivity index (χ2n) is 5.60. The van der Waals surface area contributed by atoms with E-state index in [1.54, 1.807) is 10.9 Å². The van der Waals surface area contributed by atoms with Crippen LogP contribution in [-0.2, 0) is 6.54 Å². The number of aromatic amines is 1. The second-order valence-corrected chi connectivity index (χ2v) is 5.60. The highest BCUT2D eigenvalue weighted by Gasteiger charge is 2.11. The SMILES string of the molecule is Cc1ccc2[nH]c3c(=O)n(CC[NH+](C)C)cnc3c2c1. The van der Waals surface area contributed by atoms with Crippen molar-refractivity contribution in [1.29, 1.82) is 0 Å². The molecular weight excluding hydrogens is 252 g/mol. The van der Waals surface area contributed by atoms with Gasteiger partial charge in [0.15, 0.2) is 0 Å². The van der Waals surface area contributed by atoms with Gasteiger partial charge in [0.2, 0.25) is 0 Å². The Labute approximate surface area is 116 Å². The van der Waals surface area contributed by atoms with Gasteiger partial charge in [-0.1, -0.05) is 11.6 Å². The Morgan fingerprint density at radius 3 is 2.90 bits per heavy atom. The third-order valence-corrected chi connectivity index (χ3v) is 3.58. The molecule has 0 spiro atoms. The predicted molar refractivity (Wildman–Crippen MR) is 80.3 cm³/mol. The molecule has 0 unspecified atom stereocenters. The van der Waals surface area contributed by atoms with Crippen molar-refractivity contribution >= 4 is 21.9 Å². The van der Waals surface area contributed by atoms with Gasteiger partial charge in [-0.3, -0.25) is 9.36 Å². The van der Waals surface area contributed by atoms with Crippen molar-refractivity contribution in [3.63, 3.8) is 0 Å². The molecule has 2 aromatic heterocycles. The summed E-state index contributed by atoms with van der Waals surface area (Å²) >= 11 is 0. The summed E-state index contributed by atoms with van der Waals surface area (Å²) in [5.41, 5.74) is 3.50. The van der Waals surface area contributed by atoms with Crippen molar-refractivity contribution in [1.82, 2.24) is 14.5 Å². The highest BCUT2D eigenvalue weighted by Crippen LogP contribution is 2.22. The molecule has 0 radical (unpaired) electrons. The van der Waals surface area contributed by atoms with Crippen molar-refractivity contribution in [2.24, 2.45) is 0 Å². The van der Waals surface area contributed by atoms with E-state index in [-0.39, 0.29) is 5.56 Å². The summed E-state index contributed by atoms with van der Waals surface area (Å²) in [5, 5.41) is 1.02. The number of nitrogens with zero attached hydrogens (tertiary/aromatic N) is 2. The quantitative estimate of drug-likeness (QED) is 0.721. The molecule has 2 heterocycles. The number of likely N-dealkylation sites (N-methyl/N-ethyl adjacent to an activating group) is 1. The summed E-state index contributed by atoms with van der Waals surface area (Å²) in [6.07, 6.45) is 1.66. The van der Waals surface area contributed by atoms with Crippen molar-refractivity contribution in [3.05, 3.63) is 40.4 Å². The number of H-pyrrole nitrogens is 1. The van der Waals surface area contributed by atoms with Crippen LogP contribution in [0, 0.1) is 6.92 Å². The van der Waals surface area contributed by atoms with E-state index in [1.165, 1.54) is 10.5 Å². The summed E-state index contributed by atoms with van der Waals surface area (Å²) in [6, 6.07) is 6.10. The van der Waals surface area contributed by atoms with Gasteiger partial charge in [-0.15, -0.1) is 0 Å². The predicted octanol–water partition coefficient (Wildman–Crippen LogP) is 0.331. The zero-order valence-electron chi connectivity index (χ0n) is 12.0. The van der Waals surface area contributed by atoms with E-state index < -0.39 is 0 Å². The fraction of sp³-hybridized carbons (Fsp3) is 0.333. The third kappa shape index (κ3) is 2.10. The molecule has 104 valence electrons. The van der Waals surface area contributed by atoms with E-state index in [0.717, 1.165) is 23.0 Å². The maximum absolute atomic E-state index is 12.5. The first kappa shape index (κ1) is 12.9. The fourth-order valence-electron chi connectivity index (χ4n) is 2.41. The van der Waals surface area contributed by atoms with Gasteiger partial charge in [0.05, 0.1) is 33.5 Å². The Kier molecular flexibility index (Phi) is 3.06. The van der Waals surface area contributed by atoms with Crippen LogP contribution in [0.2, 0.25) is 0 Å². The fourth-order valence-corrected chi connectivity index (χ4v) is 2.41. The molecule has 0 saturated heterocycles. The molecular formula is C15H19N4O+. The molecule has 0 amide bonds. The molecule has 0 atom stereocenters. The van der Waals surface area contributed by atoms with E-state index in [0.29, 0.717) is 12.1 Å². The van der Waals surface area contributed by atoms with Crippen LogP contribution in [0.3, 0.4) is 0 Å². The third-order valence-electron chi connectivity index (χ3n) is 3.58. The van der Waals surface area contributed by atoms with Gasteiger partial charge >= 0.3 is 0 Å². The standard InChI is InChI=1S/C15H18N4O/c1-10-4-5-12-11(8-10)13-14(17-12)15(20)19(9-16-13)7-6-18(2)3/h4-5,8-9,17H,6-7H2,1-3H3/p+1. The number of aryl methyl sites for hydroxylation is 1. The Balaban J connectivity index is 2.18. The molecule has 3 rings (SSSR count). The first-order chi connectivity index (χ1) is 9.56. The number of aromatic nitrogens is 3. The van der Waals surface area contributed by atoms with E-state index in [2.05, 4.69) is 30.1 Å². The van der Waals surface area contributed by atoms with E-state index in [1.807, 2.05) is 19.1 Å². The number of quaternary nitrogens is 1. The topological polar surface area (TPSA) is 55.1 Å². The second kappa shape index (κ2) is 4.76. The first-order valence-corrected chi connectivity index (χ1v) is 6.83. The lowest BCUT2D eigenvalue weighted by molar-refractivity contribution is -0.858. The number of hydrogen-bond acceptors (Lipinski definition) is 2. The average molecular weight is 271 g/mol. The normalized spacial score (nSPS) is 11.8. The zero-order valence-corrected chi connectivity index (χ0v) is 12.0. The molecule has 5 nitrogen and oxygen atoms in total. The minimum atomic E-state index is 0.00473. The van der Waals surface area contributed by atoms with Crippen molar-refractivity contribution in [2.45, 2.75) is 13.5 Å². The van der Waals surface area contributed by atoms with Crippen LogP contribution >= 0.6 is 0 Å². The molecule has 3 aromatic rings. The summed E-state index contributed by atoms with van der Waals surface area (Å²) < 4.78 is 1.68.